The van der Waals surface area contributed by atoms with Crippen LogP contribution in [0.2, 0.25) is 0 Å². The van der Waals surface area contributed by atoms with Gasteiger partial charge >= 0.3 is 0 Å². The van der Waals surface area contributed by atoms with Crippen molar-refractivity contribution in [2.75, 3.05) is 20.6 Å². The lowest BCUT2D eigenvalue weighted by Crippen LogP contribution is -2.22. The van der Waals surface area contributed by atoms with Crippen LogP contribution in [0.4, 0.5) is 0 Å². The average Bonchev–Trinajstić information content (AvgIpc) is 1.99. The molecule has 1 aromatic rings. The summed E-state index contributed by atoms with van der Waals surface area (Å²) in [6.45, 7) is 1.92. The molecule has 2 N–H and O–H groups in total. The Bertz CT molecular complexity index is 362. The minimum Gasteiger partial charge on any atom is -0.508 e. The number of rotatable bonds is 3. The first-order valence-corrected chi connectivity index (χ1v) is 4.62. The number of aryl methyl sites for hydroxylation is 1. The number of benzene rings is 1. The molecule has 0 spiro atoms. The zero-order chi connectivity index (χ0) is 11.6. The summed E-state index contributed by atoms with van der Waals surface area (Å²) in [5.41, 5.74) is 0.862. The molecule has 82 valence electrons. The zero-order valence-corrected chi connectivity index (χ0v) is 9.11. The molecule has 0 saturated heterocycles. The standard InChI is InChI=1S/C11H15NO3/c1-7-4-8(13)5-9(14)11(7)10(15)6-12(2)3/h4-5,13-14H,6H2,1-3H3. The maximum Gasteiger partial charge on any atom is 0.180 e. The highest BCUT2D eigenvalue weighted by Gasteiger charge is 2.15. The van der Waals surface area contributed by atoms with Gasteiger partial charge in [-0.15, -0.1) is 0 Å². The third-order valence-electron chi connectivity index (χ3n) is 2.04. The summed E-state index contributed by atoms with van der Waals surface area (Å²) in [6, 6.07) is 2.64. The van der Waals surface area contributed by atoms with Crippen LogP contribution in [0.3, 0.4) is 0 Å². The van der Waals surface area contributed by atoms with E-state index in [9.17, 15) is 15.0 Å². The molecular formula is C11H15NO3. The number of nitrogens with zero attached hydrogens (tertiary/aromatic N) is 1. The molecule has 0 aliphatic heterocycles. The van der Waals surface area contributed by atoms with Crippen LogP contribution in [0.1, 0.15) is 15.9 Å². The Labute approximate surface area is 88.8 Å². The van der Waals surface area contributed by atoms with Gasteiger partial charge in [0.25, 0.3) is 0 Å². The van der Waals surface area contributed by atoms with Crippen LogP contribution >= 0.6 is 0 Å². The molecule has 0 saturated carbocycles. The molecule has 0 fully saturated rings. The molecule has 4 heteroatoms. The van der Waals surface area contributed by atoms with E-state index in [4.69, 9.17) is 0 Å². The van der Waals surface area contributed by atoms with E-state index in [0.717, 1.165) is 0 Å². The fourth-order valence-electron chi connectivity index (χ4n) is 1.48. The molecule has 0 radical (unpaired) electrons. The first-order chi connectivity index (χ1) is 6.91. The van der Waals surface area contributed by atoms with E-state index in [1.165, 1.54) is 12.1 Å². The third-order valence-corrected chi connectivity index (χ3v) is 2.04. The van der Waals surface area contributed by atoms with Crippen LogP contribution in [0.25, 0.3) is 0 Å². The summed E-state index contributed by atoms with van der Waals surface area (Å²) in [6.07, 6.45) is 0. The molecule has 0 amide bonds. The van der Waals surface area contributed by atoms with E-state index >= 15 is 0 Å². The number of phenolic OH excluding ortho intramolecular Hbond substituents is 2. The molecule has 0 atom stereocenters. The molecular weight excluding hydrogens is 194 g/mol. The second kappa shape index (κ2) is 4.31. The number of ketones is 1. The maximum atomic E-state index is 11.7. The van der Waals surface area contributed by atoms with Crippen molar-refractivity contribution in [3.05, 3.63) is 23.3 Å². The highest BCUT2D eigenvalue weighted by molar-refractivity contribution is 6.01. The van der Waals surface area contributed by atoms with Gasteiger partial charge in [0.15, 0.2) is 5.78 Å². The predicted molar refractivity (Wildman–Crippen MR) is 57.4 cm³/mol. The van der Waals surface area contributed by atoms with Gasteiger partial charge in [-0.3, -0.25) is 4.79 Å². The van der Waals surface area contributed by atoms with Crippen molar-refractivity contribution in [2.45, 2.75) is 6.92 Å². The van der Waals surface area contributed by atoms with Crippen LogP contribution in [-0.4, -0.2) is 41.5 Å². The van der Waals surface area contributed by atoms with E-state index < -0.39 is 0 Å². The van der Waals surface area contributed by atoms with Crippen LogP contribution in [-0.2, 0) is 0 Å². The SMILES string of the molecule is Cc1cc(O)cc(O)c1C(=O)CN(C)C. The Morgan fingerprint density at radius 3 is 2.40 bits per heavy atom. The monoisotopic (exact) mass is 209 g/mol. The minimum absolute atomic E-state index is 0.0357. The fourth-order valence-corrected chi connectivity index (χ4v) is 1.48. The largest absolute Gasteiger partial charge is 0.508 e. The summed E-state index contributed by atoms with van der Waals surface area (Å²) >= 11 is 0. The average molecular weight is 209 g/mol. The van der Waals surface area contributed by atoms with Crippen molar-refractivity contribution in [1.82, 2.24) is 4.90 Å². The molecule has 0 bridgehead atoms. The fraction of sp³-hybridized carbons (Fsp3) is 0.364. The van der Waals surface area contributed by atoms with Gasteiger partial charge in [-0.1, -0.05) is 0 Å². The normalized spacial score (nSPS) is 10.7. The maximum absolute atomic E-state index is 11.7. The van der Waals surface area contributed by atoms with Gasteiger partial charge in [0.2, 0.25) is 0 Å². The van der Waals surface area contributed by atoms with Crippen LogP contribution in [0.5, 0.6) is 11.5 Å². The van der Waals surface area contributed by atoms with Gasteiger partial charge in [0.1, 0.15) is 11.5 Å². The summed E-state index contributed by atoms with van der Waals surface area (Å²) < 4.78 is 0. The number of phenols is 2. The number of likely N-dealkylation sites (N-methyl/N-ethyl adjacent to an activating group) is 1. The van der Waals surface area contributed by atoms with Crippen molar-refractivity contribution in [3.63, 3.8) is 0 Å². The second-order valence-electron chi connectivity index (χ2n) is 3.82. The molecule has 0 aliphatic carbocycles. The summed E-state index contributed by atoms with van der Waals surface area (Å²) in [5, 5.41) is 18.8. The van der Waals surface area contributed by atoms with Gasteiger partial charge in [-0.2, -0.15) is 0 Å². The Kier molecular flexibility index (Phi) is 3.31. The first kappa shape index (κ1) is 11.5. The molecule has 0 aromatic heterocycles. The summed E-state index contributed by atoms with van der Waals surface area (Å²) in [4.78, 5) is 13.5. The second-order valence-corrected chi connectivity index (χ2v) is 3.82. The first-order valence-electron chi connectivity index (χ1n) is 4.62. The number of carbonyl (C=O) groups excluding carboxylic acids is 1. The van der Waals surface area contributed by atoms with E-state index in [2.05, 4.69) is 0 Å². The molecule has 0 heterocycles. The van der Waals surface area contributed by atoms with Crippen LogP contribution in [0, 0.1) is 6.92 Å². The Morgan fingerprint density at radius 2 is 1.93 bits per heavy atom. The van der Waals surface area contributed by atoms with E-state index in [1.807, 2.05) is 0 Å². The van der Waals surface area contributed by atoms with Gasteiger partial charge in [0.05, 0.1) is 12.1 Å². The molecule has 4 nitrogen and oxygen atoms in total. The lowest BCUT2D eigenvalue weighted by Gasteiger charge is -2.11. The van der Waals surface area contributed by atoms with Gasteiger partial charge < -0.3 is 15.1 Å². The summed E-state index contributed by atoms with van der Waals surface area (Å²) in [5.74, 6) is -0.360. The van der Waals surface area contributed by atoms with E-state index in [0.29, 0.717) is 5.56 Å². The predicted octanol–water partition coefficient (Wildman–Crippen LogP) is 1.15. The Balaban J connectivity index is 3.09. The van der Waals surface area contributed by atoms with Crippen molar-refractivity contribution in [3.8, 4) is 11.5 Å². The molecule has 0 aliphatic rings. The van der Waals surface area contributed by atoms with Crippen LogP contribution < -0.4 is 0 Å². The van der Waals surface area contributed by atoms with Crippen molar-refractivity contribution < 1.29 is 15.0 Å². The highest BCUT2D eigenvalue weighted by Crippen LogP contribution is 2.27. The number of carbonyl (C=O) groups is 1. The number of Topliss-reactive ketones (excluding diaryl/α,β-unsaturated/α-hetero) is 1. The quantitative estimate of drug-likeness (QED) is 0.733. The highest BCUT2D eigenvalue weighted by atomic mass is 16.3. The van der Waals surface area contributed by atoms with Crippen molar-refractivity contribution in [1.29, 1.82) is 0 Å². The Morgan fingerprint density at radius 1 is 1.33 bits per heavy atom. The van der Waals surface area contributed by atoms with Crippen molar-refractivity contribution in [2.24, 2.45) is 0 Å². The van der Waals surface area contributed by atoms with Crippen molar-refractivity contribution >= 4 is 5.78 Å². The van der Waals surface area contributed by atoms with Gasteiger partial charge in [0, 0.05) is 6.07 Å². The lowest BCUT2D eigenvalue weighted by molar-refractivity contribution is 0.0954. The number of hydrogen-bond donors (Lipinski definition) is 2. The minimum atomic E-state index is -0.167. The summed E-state index contributed by atoms with van der Waals surface area (Å²) in [7, 11) is 3.56. The van der Waals surface area contributed by atoms with E-state index in [-0.39, 0.29) is 29.4 Å². The van der Waals surface area contributed by atoms with Gasteiger partial charge in [-0.05, 0) is 32.6 Å². The molecule has 0 unspecified atom stereocenters. The lowest BCUT2D eigenvalue weighted by atomic mass is 10.0. The van der Waals surface area contributed by atoms with Crippen LogP contribution in [0.15, 0.2) is 12.1 Å². The molecule has 1 aromatic carbocycles. The topological polar surface area (TPSA) is 60.8 Å². The smallest absolute Gasteiger partial charge is 0.180 e. The molecule has 1 rings (SSSR count). The van der Waals surface area contributed by atoms with E-state index in [1.54, 1.807) is 25.9 Å². The Hall–Kier alpha value is -1.55. The van der Waals surface area contributed by atoms with Gasteiger partial charge in [-0.25, -0.2) is 0 Å². The third kappa shape index (κ3) is 2.70. The zero-order valence-electron chi connectivity index (χ0n) is 9.11. The number of aromatic hydroxyl groups is 2. The number of hydrogen-bond acceptors (Lipinski definition) is 4. The molecule has 15 heavy (non-hydrogen) atoms.